The van der Waals surface area contributed by atoms with Gasteiger partial charge in [-0.2, -0.15) is 5.10 Å². The number of rotatable bonds is 9. The number of benzene rings is 3. The van der Waals surface area contributed by atoms with Gasteiger partial charge in [0.25, 0.3) is 11.5 Å². The minimum atomic E-state index is -0.282. The highest BCUT2D eigenvalue weighted by molar-refractivity contribution is 7.99. The van der Waals surface area contributed by atoms with Gasteiger partial charge >= 0.3 is 0 Å². The van der Waals surface area contributed by atoms with Crippen LogP contribution >= 0.6 is 23.1 Å². The number of fused-ring (bicyclic) bond motifs is 3. The minimum absolute atomic E-state index is 0.0599. The number of amides is 1. The van der Waals surface area contributed by atoms with E-state index in [1.165, 1.54) is 16.6 Å². The van der Waals surface area contributed by atoms with E-state index in [4.69, 9.17) is 9.72 Å². The first-order chi connectivity index (χ1) is 20.6. The van der Waals surface area contributed by atoms with Gasteiger partial charge in [0.05, 0.1) is 29.6 Å². The van der Waals surface area contributed by atoms with Crippen molar-refractivity contribution in [2.24, 2.45) is 5.10 Å². The summed E-state index contributed by atoms with van der Waals surface area (Å²) in [7, 11) is 0. The molecule has 0 aliphatic heterocycles. The molecule has 3 aromatic carbocycles. The number of aromatic nitrogens is 2. The van der Waals surface area contributed by atoms with Gasteiger partial charge in [0.1, 0.15) is 10.6 Å². The third kappa shape index (κ3) is 6.03. The number of ether oxygens (including phenoxy) is 1. The van der Waals surface area contributed by atoms with Gasteiger partial charge in [-0.15, -0.1) is 11.3 Å². The average Bonchev–Trinajstić information content (AvgIpc) is 3.40. The van der Waals surface area contributed by atoms with Crippen LogP contribution in [0.1, 0.15) is 35.8 Å². The van der Waals surface area contributed by atoms with Crippen molar-refractivity contribution >= 4 is 45.4 Å². The van der Waals surface area contributed by atoms with Crippen LogP contribution in [0.5, 0.6) is 5.75 Å². The molecule has 0 unspecified atom stereocenters. The van der Waals surface area contributed by atoms with E-state index in [1.807, 2.05) is 73.7 Å². The van der Waals surface area contributed by atoms with Crippen LogP contribution in [0.25, 0.3) is 27.0 Å². The summed E-state index contributed by atoms with van der Waals surface area (Å²) >= 11 is 2.83. The van der Waals surface area contributed by atoms with Gasteiger partial charge in [0.2, 0.25) is 0 Å². The third-order valence-corrected chi connectivity index (χ3v) is 9.24. The Kier molecular flexibility index (Phi) is 8.48. The number of nitrogens with one attached hydrogen (secondary N) is 1. The van der Waals surface area contributed by atoms with Crippen LogP contribution in [0.15, 0.2) is 93.9 Å². The standard InChI is InChI=1S/C33H30N4O3S2/c1-2-40-26-18-16-25(17-19-26)37-32(39)30-27-10-6-7-11-28(27)42-31(30)35-33(37)41-21-29(38)36-34-20-22-12-14-24(15-13-22)23-8-4-3-5-9-23/h3-5,8-9,12-20H,2,6-7,10-11,21H2,1H3,(H,36,38). The van der Waals surface area contributed by atoms with Gasteiger partial charge in [0, 0.05) is 4.88 Å². The van der Waals surface area contributed by atoms with Crippen LogP contribution in [0, 0.1) is 0 Å². The van der Waals surface area contributed by atoms with Crippen LogP contribution in [-0.4, -0.2) is 34.0 Å². The first kappa shape index (κ1) is 27.9. The molecule has 9 heteroatoms. The number of hydrazone groups is 1. The number of hydrogen-bond acceptors (Lipinski definition) is 7. The van der Waals surface area contributed by atoms with E-state index in [9.17, 15) is 9.59 Å². The zero-order valence-electron chi connectivity index (χ0n) is 23.2. The summed E-state index contributed by atoms with van der Waals surface area (Å²) < 4.78 is 7.21. The van der Waals surface area contributed by atoms with E-state index < -0.39 is 0 Å². The summed E-state index contributed by atoms with van der Waals surface area (Å²) in [5, 5.41) is 5.32. The molecule has 0 saturated carbocycles. The number of thioether (sulfide) groups is 1. The largest absolute Gasteiger partial charge is 0.494 e. The number of carbonyl (C=O) groups excluding carboxylic acids is 1. The van der Waals surface area contributed by atoms with Crippen molar-refractivity contribution in [2.75, 3.05) is 12.4 Å². The van der Waals surface area contributed by atoms with Gasteiger partial charge in [-0.25, -0.2) is 10.4 Å². The third-order valence-electron chi connectivity index (χ3n) is 7.12. The van der Waals surface area contributed by atoms with Crippen molar-refractivity contribution in [3.05, 3.63) is 105 Å². The number of thiophene rings is 1. The van der Waals surface area contributed by atoms with E-state index in [1.54, 1.807) is 22.1 Å². The fourth-order valence-corrected chi connectivity index (χ4v) is 7.21. The van der Waals surface area contributed by atoms with Crippen molar-refractivity contribution in [1.29, 1.82) is 0 Å². The monoisotopic (exact) mass is 594 g/mol. The van der Waals surface area contributed by atoms with Gasteiger partial charge < -0.3 is 4.74 Å². The second kappa shape index (κ2) is 12.8. The van der Waals surface area contributed by atoms with Crippen LogP contribution in [-0.2, 0) is 17.6 Å². The van der Waals surface area contributed by atoms with Gasteiger partial charge in [0.15, 0.2) is 5.16 Å². The highest BCUT2D eigenvalue weighted by Gasteiger charge is 2.23. The average molecular weight is 595 g/mol. The summed E-state index contributed by atoms with van der Waals surface area (Å²) in [6.45, 7) is 2.49. The van der Waals surface area contributed by atoms with E-state index >= 15 is 0 Å². The molecule has 1 aliphatic carbocycles. The molecule has 0 saturated heterocycles. The Morgan fingerprint density at radius 1 is 1.02 bits per heavy atom. The summed E-state index contributed by atoms with van der Waals surface area (Å²) in [6, 6.07) is 25.5. The molecule has 1 N–H and O–H groups in total. The van der Waals surface area contributed by atoms with Crippen LogP contribution in [0.4, 0.5) is 0 Å². The second-order valence-corrected chi connectivity index (χ2v) is 11.9. The zero-order valence-corrected chi connectivity index (χ0v) is 24.8. The van der Waals surface area contributed by atoms with E-state index in [0.29, 0.717) is 22.8 Å². The fourth-order valence-electron chi connectivity index (χ4n) is 5.10. The lowest BCUT2D eigenvalue weighted by Crippen LogP contribution is -2.24. The molecular formula is C33H30N4O3S2. The molecule has 6 rings (SSSR count). The van der Waals surface area contributed by atoms with Crippen molar-refractivity contribution in [1.82, 2.24) is 15.0 Å². The molecular weight excluding hydrogens is 565 g/mol. The molecule has 0 fully saturated rings. The molecule has 0 spiro atoms. The Hall–Kier alpha value is -4.21. The predicted molar refractivity (Wildman–Crippen MR) is 171 cm³/mol. The lowest BCUT2D eigenvalue weighted by atomic mass is 9.97. The molecule has 0 bridgehead atoms. The molecule has 7 nitrogen and oxygen atoms in total. The molecule has 2 aromatic heterocycles. The van der Waals surface area contributed by atoms with Crippen molar-refractivity contribution in [2.45, 2.75) is 37.8 Å². The van der Waals surface area contributed by atoms with Crippen molar-refractivity contribution in [3.63, 3.8) is 0 Å². The maximum atomic E-state index is 13.9. The predicted octanol–water partition coefficient (Wildman–Crippen LogP) is 6.63. The van der Waals surface area contributed by atoms with Crippen LogP contribution in [0.3, 0.4) is 0 Å². The van der Waals surface area contributed by atoms with Crippen molar-refractivity contribution < 1.29 is 9.53 Å². The lowest BCUT2D eigenvalue weighted by Gasteiger charge is -2.14. The molecule has 212 valence electrons. The Balaban J connectivity index is 1.20. The Morgan fingerprint density at radius 3 is 2.52 bits per heavy atom. The van der Waals surface area contributed by atoms with E-state index in [-0.39, 0.29) is 17.2 Å². The molecule has 42 heavy (non-hydrogen) atoms. The fraction of sp³-hybridized carbons (Fsp3) is 0.212. The van der Waals surface area contributed by atoms with Gasteiger partial charge in [-0.3, -0.25) is 14.2 Å². The quantitative estimate of drug-likeness (QED) is 0.0896. The zero-order chi connectivity index (χ0) is 28.9. The van der Waals surface area contributed by atoms with Gasteiger partial charge in [-0.05, 0) is 79.1 Å². The minimum Gasteiger partial charge on any atom is -0.494 e. The summed E-state index contributed by atoms with van der Waals surface area (Å²) in [6.07, 6.45) is 5.71. The smallest absolute Gasteiger partial charge is 0.267 e. The molecule has 0 atom stereocenters. The number of nitrogens with zero attached hydrogens (tertiary/aromatic N) is 3. The summed E-state index contributed by atoms with van der Waals surface area (Å²) in [5.41, 5.74) is 7.47. The number of hydrogen-bond donors (Lipinski definition) is 1. The first-order valence-corrected chi connectivity index (χ1v) is 15.8. The number of aryl methyl sites for hydroxylation is 2. The Morgan fingerprint density at radius 2 is 1.76 bits per heavy atom. The topological polar surface area (TPSA) is 85.6 Å². The summed E-state index contributed by atoms with van der Waals surface area (Å²) in [5.74, 6) is 0.511. The highest BCUT2D eigenvalue weighted by Crippen LogP contribution is 2.35. The van der Waals surface area contributed by atoms with Crippen molar-refractivity contribution in [3.8, 4) is 22.6 Å². The number of carbonyl (C=O) groups is 1. The normalized spacial score (nSPS) is 12.9. The second-order valence-electron chi connectivity index (χ2n) is 9.92. The van der Waals surface area contributed by atoms with E-state index in [2.05, 4.69) is 22.7 Å². The van der Waals surface area contributed by atoms with E-state index in [0.717, 1.165) is 58.5 Å². The molecule has 2 heterocycles. The Labute approximate surface area is 252 Å². The highest BCUT2D eigenvalue weighted by atomic mass is 32.2. The van der Waals surface area contributed by atoms with Crippen LogP contribution in [0.2, 0.25) is 0 Å². The maximum Gasteiger partial charge on any atom is 0.267 e. The maximum absolute atomic E-state index is 13.9. The Bertz CT molecular complexity index is 1790. The lowest BCUT2D eigenvalue weighted by molar-refractivity contribution is -0.118. The van der Waals surface area contributed by atoms with Crippen LogP contribution < -0.4 is 15.7 Å². The summed E-state index contributed by atoms with van der Waals surface area (Å²) in [4.78, 5) is 33.6. The molecule has 1 amide bonds. The molecule has 5 aromatic rings. The molecule has 0 radical (unpaired) electrons. The SMILES string of the molecule is CCOc1ccc(-n2c(SCC(=O)NN=Cc3ccc(-c4ccccc4)cc3)nc3sc4c(c3c2=O)CCCC4)cc1. The van der Waals surface area contributed by atoms with Gasteiger partial charge in [-0.1, -0.05) is 66.4 Å². The first-order valence-electron chi connectivity index (χ1n) is 14.0. The molecule has 1 aliphatic rings.